The number of hydrogen-bond acceptors (Lipinski definition) is 4. The fourth-order valence-corrected chi connectivity index (χ4v) is 2.53. The van der Waals surface area contributed by atoms with Crippen LogP contribution in [0, 0.1) is 0 Å². The molecule has 0 aliphatic heterocycles. The maximum Gasteiger partial charge on any atom is 0.225 e. The SMILES string of the molecule is CCC(=O)Nc1nc2c(s1)C(=O)CCC2. The third-order valence-corrected chi connectivity index (χ3v) is 3.39. The summed E-state index contributed by atoms with van der Waals surface area (Å²) in [7, 11) is 0. The fourth-order valence-electron chi connectivity index (χ4n) is 1.53. The zero-order chi connectivity index (χ0) is 10.8. The van der Waals surface area contributed by atoms with Crippen molar-refractivity contribution < 1.29 is 9.59 Å². The zero-order valence-electron chi connectivity index (χ0n) is 8.50. The Morgan fingerprint density at radius 1 is 1.53 bits per heavy atom. The van der Waals surface area contributed by atoms with E-state index in [0.29, 0.717) is 18.0 Å². The van der Waals surface area contributed by atoms with Crippen molar-refractivity contribution in [3.63, 3.8) is 0 Å². The number of amides is 1. The summed E-state index contributed by atoms with van der Waals surface area (Å²) < 4.78 is 0. The van der Waals surface area contributed by atoms with E-state index in [0.717, 1.165) is 23.4 Å². The summed E-state index contributed by atoms with van der Waals surface area (Å²) in [5.74, 6) is 0.0966. The molecule has 80 valence electrons. The van der Waals surface area contributed by atoms with Crippen LogP contribution >= 0.6 is 11.3 Å². The second-order valence-corrected chi connectivity index (χ2v) is 4.47. The molecule has 0 aromatic carbocycles. The van der Waals surface area contributed by atoms with Crippen molar-refractivity contribution in [2.24, 2.45) is 0 Å². The lowest BCUT2D eigenvalue weighted by Crippen LogP contribution is -2.09. The number of nitrogens with zero attached hydrogens (tertiary/aromatic N) is 1. The van der Waals surface area contributed by atoms with Crippen molar-refractivity contribution in [2.75, 3.05) is 5.32 Å². The Morgan fingerprint density at radius 3 is 3.00 bits per heavy atom. The standard InChI is InChI=1S/C10H12N2O2S/c1-2-8(14)12-10-11-6-4-3-5-7(13)9(6)15-10/h2-5H2,1H3,(H,11,12,14). The number of carbonyl (C=O) groups excluding carboxylic acids is 2. The fraction of sp³-hybridized carbons (Fsp3) is 0.500. The van der Waals surface area contributed by atoms with E-state index in [1.165, 1.54) is 11.3 Å². The van der Waals surface area contributed by atoms with Crippen molar-refractivity contribution in [3.8, 4) is 0 Å². The Kier molecular flexibility index (Phi) is 2.81. The Morgan fingerprint density at radius 2 is 2.33 bits per heavy atom. The summed E-state index contributed by atoms with van der Waals surface area (Å²) in [4.78, 5) is 27.6. The number of hydrogen-bond donors (Lipinski definition) is 1. The third-order valence-electron chi connectivity index (χ3n) is 2.34. The van der Waals surface area contributed by atoms with Crippen LogP contribution in [-0.2, 0) is 11.2 Å². The molecule has 1 aromatic rings. The van der Waals surface area contributed by atoms with Gasteiger partial charge in [-0.1, -0.05) is 18.3 Å². The van der Waals surface area contributed by atoms with Gasteiger partial charge in [0.25, 0.3) is 0 Å². The Bertz CT molecular complexity index is 412. The minimum absolute atomic E-state index is 0.0615. The van der Waals surface area contributed by atoms with Crippen molar-refractivity contribution in [1.29, 1.82) is 0 Å². The summed E-state index contributed by atoms with van der Waals surface area (Å²) in [5, 5.41) is 3.24. The summed E-state index contributed by atoms with van der Waals surface area (Å²) in [5.41, 5.74) is 0.850. The lowest BCUT2D eigenvalue weighted by molar-refractivity contribution is -0.115. The van der Waals surface area contributed by atoms with Crippen LogP contribution in [0.15, 0.2) is 0 Å². The molecule has 15 heavy (non-hydrogen) atoms. The van der Waals surface area contributed by atoms with Gasteiger partial charge in [-0.05, 0) is 12.8 Å². The minimum Gasteiger partial charge on any atom is -0.302 e. The quantitative estimate of drug-likeness (QED) is 0.836. The van der Waals surface area contributed by atoms with Gasteiger partial charge in [0.1, 0.15) is 0 Å². The van der Waals surface area contributed by atoms with E-state index >= 15 is 0 Å². The first-order valence-electron chi connectivity index (χ1n) is 5.03. The van der Waals surface area contributed by atoms with Gasteiger partial charge >= 0.3 is 0 Å². The Balaban J connectivity index is 2.22. The van der Waals surface area contributed by atoms with Gasteiger partial charge in [0, 0.05) is 12.8 Å². The van der Waals surface area contributed by atoms with Gasteiger partial charge in [-0.3, -0.25) is 9.59 Å². The molecular weight excluding hydrogens is 212 g/mol. The van der Waals surface area contributed by atoms with E-state index in [1.54, 1.807) is 6.92 Å². The summed E-state index contributed by atoms with van der Waals surface area (Å²) in [6.45, 7) is 1.79. The van der Waals surface area contributed by atoms with E-state index in [-0.39, 0.29) is 11.7 Å². The Hall–Kier alpha value is -1.23. The van der Waals surface area contributed by atoms with Crippen LogP contribution < -0.4 is 5.32 Å². The topological polar surface area (TPSA) is 59.1 Å². The molecule has 0 saturated heterocycles. The number of aromatic nitrogens is 1. The van der Waals surface area contributed by atoms with Crippen LogP contribution in [0.25, 0.3) is 0 Å². The van der Waals surface area contributed by atoms with Gasteiger partial charge in [-0.25, -0.2) is 4.98 Å². The number of ketones is 1. The van der Waals surface area contributed by atoms with E-state index in [1.807, 2.05) is 0 Å². The summed E-state index contributed by atoms with van der Waals surface area (Å²) in [6.07, 6.45) is 2.75. The van der Waals surface area contributed by atoms with E-state index in [4.69, 9.17) is 0 Å². The Labute approximate surface area is 91.7 Å². The van der Waals surface area contributed by atoms with Crippen molar-refractivity contribution in [3.05, 3.63) is 10.6 Å². The molecule has 1 N–H and O–H groups in total. The highest BCUT2D eigenvalue weighted by atomic mass is 32.1. The van der Waals surface area contributed by atoms with Gasteiger partial charge < -0.3 is 5.32 Å². The van der Waals surface area contributed by atoms with Crippen LogP contribution in [0.5, 0.6) is 0 Å². The van der Waals surface area contributed by atoms with Gasteiger partial charge in [0.05, 0.1) is 10.6 Å². The van der Waals surface area contributed by atoms with Crippen LogP contribution in [0.4, 0.5) is 5.13 Å². The molecule has 0 saturated carbocycles. The molecule has 0 bridgehead atoms. The minimum atomic E-state index is -0.0615. The maximum absolute atomic E-state index is 11.5. The van der Waals surface area contributed by atoms with Crippen LogP contribution in [0.3, 0.4) is 0 Å². The molecule has 2 rings (SSSR count). The molecule has 0 unspecified atom stereocenters. The largest absolute Gasteiger partial charge is 0.302 e. The molecule has 1 aliphatic carbocycles. The zero-order valence-corrected chi connectivity index (χ0v) is 9.32. The summed E-state index contributed by atoms with van der Waals surface area (Å²) >= 11 is 1.29. The molecular formula is C10H12N2O2S. The first kappa shape index (κ1) is 10.3. The average Bonchev–Trinajstić information content (AvgIpc) is 2.62. The number of rotatable bonds is 2. The van der Waals surface area contributed by atoms with Gasteiger partial charge in [-0.2, -0.15) is 0 Å². The highest BCUT2D eigenvalue weighted by Crippen LogP contribution is 2.29. The third kappa shape index (κ3) is 2.07. The molecule has 5 heteroatoms. The van der Waals surface area contributed by atoms with Gasteiger partial charge in [-0.15, -0.1) is 0 Å². The first-order valence-corrected chi connectivity index (χ1v) is 5.85. The predicted octanol–water partition coefficient (Wildman–Crippen LogP) is 2.01. The number of Topliss-reactive ketones (excluding diaryl/α,β-unsaturated/α-hetero) is 1. The van der Waals surface area contributed by atoms with Gasteiger partial charge in [0.2, 0.25) is 5.91 Å². The first-order chi connectivity index (χ1) is 7.20. The number of aryl methyl sites for hydroxylation is 1. The van der Waals surface area contributed by atoms with E-state index < -0.39 is 0 Å². The second-order valence-electron chi connectivity index (χ2n) is 3.47. The van der Waals surface area contributed by atoms with Crippen molar-refractivity contribution in [1.82, 2.24) is 4.98 Å². The molecule has 0 fully saturated rings. The van der Waals surface area contributed by atoms with Crippen LogP contribution in [0.2, 0.25) is 0 Å². The number of thiazole rings is 1. The smallest absolute Gasteiger partial charge is 0.225 e. The molecule has 1 aromatic heterocycles. The number of nitrogens with one attached hydrogen (secondary N) is 1. The highest BCUT2D eigenvalue weighted by molar-refractivity contribution is 7.17. The van der Waals surface area contributed by atoms with Crippen molar-refractivity contribution in [2.45, 2.75) is 32.6 Å². The normalized spacial score (nSPS) is 14.9. The number of fused-ring (bicyclic) bond motifs is 1. The molecule has 0 atom stereocenters. The number of anilines is 1. The molecule has 0 spiro atoms. The monoisotopic (exact) mass is 224 g/mol. The molecule has 1 amide bonds. The summed E-state index contributed by atoms with van der Waals surface area (Å²) in [6, 6.07) is 0. The van der Waals surface area contributed by atoms with Crippen molar-refractivity contribution >= 4 is 28.2 Å². The van der Waals surface area contributed by atoms with E-state index in [9.17, 15) is 9.59 Å². The molecule has 1 aliphatic rings. The molecule has 0 radical (unpaired) electrons. The van der Waals surface area contributed by atoms with Crippen LogP contribution in [0.1, 0.15) is 41.6 Å². The lowest BCUT2D eigenvalue weighted by atomic mass is 10.0. The van der Waals surface area contributed by atoms with E-state index in [2.05, 4.69) is 10.3 Å². The lowest BCUT2D eigenvalue weighted by Gasteiger charge is -2.05. The molecule has 4 nitrogen and oxygen atoms in total. The average molecular weight is 224 g/mol. The highest BCUT2D eigenvalue weighted by Gasteiger charge is 2.22. The van der Waals surface area contributed by atoms with Crippen LogP contribution in [-0.4, -0.2) is 16.7 Å². The second kappa shape index (κ2) is 4.10. The predicted molar refractivity (Wildman–Crippen MR) is 58.3 cm³/mol. The molecule has 1 heterocycles. The van der Waals surface area contributed by atoms with Gasteiger partial charge in [0.15, 0.2) is 10.9 Å². The number of carbonyl (C=O) groups is 2. The maximum atomic E-state index is 11.5.